The third-order valence-corrected chi connectivity index (χ3v) is 9.51. The monoisotopic (exact) mass is 752 g/mol. The number of carboxylic acid groups (broad SMARTS) is 1. The smallest absolute Gasteiger partial charge is 0.460 e. The van der Waals surface area contributed by atoms with E-state index in [1.807, 2.05) is 0 Å². The fraction of sp³-hybridized carbons (Fsp3) is 0.941. The van der Waals surface area contributed by atoms with Gasteiger partial charge in [0.25, 0.3) is 0 Å². The fourth-order valence-corrected chi connectivity index (χ4v) is 5.38. The summed E-state index contributed by atoms with van der Waals surface area (Å²) in [6.07, 6.45) is -20.6. The minimum atomic E-state index is -7.43. The molecule has 1 atom stereocenters. The van der Waals surface area contributed by atoms with Gasteiger partial charge in [-0.3, -0.25) is 4.79 Å². The number of carboxylic acids is 1. The Balaban J connectivity index is 6.00. The maximum Gasteiger partial charge on any atom is 0.460 e. The minimum Gasteiger partial charge on any atom is -0.480 e. The van der Waals surface area contributed by atoms with Crippen LogP contribution in [0.1, 0.15) is 12.8 Å². The van der Waals surface area contributed by atoms with E-state index in [0.717, 1.165) is 0 Å². The number of halogens is 18. The van der Waals surface area contributed by atoms with Gasteiger partial charge in [0.1, 0.15) is 6.04 Å². The predicted molar refractivity (Wildman–Crippen MR) is 110 cm³/mol. The molecule has 0 saturated carbocycles. The van der Waals surface area contributed by atoms with E-state index >= 15 is 0 Å². The van der Waals surface area contributed by atoms with Crippen molar-refractivity contribution in [1.82, 2.24) is 8.61 Å². The van der Waals surface area contributed by atoms with Gasteiger partial charge in [-0.1, -0.05) is 0 Å². The van der Waals surface area contributed by atoms with Crippen LogP contribution in [0.4, 0.5) is 79.0 Å². The second-order valence-corrected chi connectivity index (χ2v) is 13.3. The van der Waals surface area contributed by atoms with E-state index in [1.165, 1.54) is 0 Å². The topological polar surface area (TPSA) is 112 Å². The molecule has 0 rings (SSSR count). The summed E-state index contributed by atoms with van der Waals surface area (Å²) < 4.78 is 281. The molecule has 0 aromatic rings. The Morgan fingerprint density at radius 1 is 0.578 bits per heavy atom. The lowest BCUT2D eigenvalue weighted by molar-refractivity contribution is -0.396. The van der Waals surface area contributed by atoms with Crippen LogP contribution in [0.5, 0.6) is 0 Å². The highest BCUT2D eigenvalue weighted by atomic mass is 32.2. The largest absolute Gasteiger partial charge is 0.480 e. The molecular formula is C17H18F18N2O6S2. The van der Waals surface area contributed by atoms with Crippen LogP contribution in [0.2, 0.25) is 0 Å². The third kappa shape index (κ3) is 8.31. The molecule has 0 aliphatic carbocycles. The van der Waals surface area contributed by atoms with E-state index in [0.29, 0.717) is 0 Å². The Morgan fingerprint density at radius 2 is 0.867 bits per heavy atom. The normalized spacial score (nSPS) is 16.4. The van der Waals surface area contributed by atoms with Gasteiger partial charge in [-0.05, 0) is 0 Å². The number of hydrogen-bond acceptors (Lipinski definition) is 5. The van der Waals surface area contributed by atoms with Crippen molar-refractivity contribution >= 4 is 26.0 Å². The van der Waals surface area contributed by atoms with Gasteiger partial charge in [0.2, 0.25) is 20.0 Å². The average molecular weight is 752 g/mol. The van der Waals surface area contributed by atoms with Crippen LogP contribution < -0.4 is 0 Å². The average Bonchev–Trinajstić information content (AvgIpc) is 2.82. The van der Waals surface area contributed by atoms with Crippen LogP contribution in [-0.4, -0.2) is 123 Å². The van der Waals surface area contributed by atoms with Crippen LogP contribution in [0.25, 0.3) is 0 Å². The number of nitrogens with zero attached hydrogens (tertiary/aromatic N) is 2. The van der Waals surface area contributed by atoms with Crippen molar-refractivity contribution < 1.29 is 106 Å². The number of carbonyl (C=O) groups is 1. The Kier molecular flexibility index (Phi) is 12.0. The summed E-state index contributed by atoms with van der Waals surface area (Å²) in [5, 5.41) is 9.18. The van der Waals surface area contributed by atoms with E-state index in [4.69, 9.17) is 0 Å². The molecule has 270 valence electrons. The van der Waals surface area contributed by atoms with Crippen LogP contribution >= 0.6 is 0 Å². The second kappa shape index (κ2) is 12.6. The Morgan fingerprint density at radius 3 is 1.13 bits per heavy atom. The summed E-state index contributed by atoms with van der Waals surface area (Å²) in [6, 6.07) is -2.92. The first-order chi connectivity index (χ1) is 19.3. The number of likely N-dealkylation sites (N-methyl/N-ethyl adjacent to an activating group) is 2. The molecule has 0 aliphatic heterocycles. The van der Waals surface area contributed by atoms with Gasteiger partial charge in [0.15, 0.2) is 0 Å². The minimum absolute atomic E-state index is 0.0725. The number of hydrogen-bond donors (Lipinski definition) is 1. The lowest BCUT2D eigenvalue weighted by Gasteiger charge is -2.34. The van der Waals surface area contributed by atoms with E-state index in [9.17, 15) is 106 Å². The molecule has 1 unspecified atom stereocenters. The molecular weight excluding hydrogens is 734 g/mol. The fourth-order valence-electron chi connectivity index (χ4n) is 2.84. The predicted octanol–water partition coefficient (Wildman–Crippen LogP) is 4.68. The van der Waals surface area contributed by atoms with E-state index in [2.05, 4.69) is 0 Å². The first kappa shape index (κ1) is 43.0. The van der Waals surface area contributed by atoms with Gasteiger partial charge in [-0.25, -0.2) is 21.1 Å². The molecule has 0 spiro atoms. The molecule has 0 fully saturated rings. The SMILES string of the molecule is CN(CC(C(=O)O)N(C)S(=O)(=O)CCC(F)(F)C(F)(F)C(F)(F)C(F)(F)F)S(=O)(=O)CCC(F)(F)C(F)(F)C(F)(F)C(F)(F)F. The lowest BCUT2D eigenvalue weighted by atomic mass is 10.0. The summed E-state index contributed by atoms with van der Waals surface area (Å²) in [5.41, 5.74) is 0. The van der Waals surface area contributed by atoms with Gasteiger partial charge in [0.05, 0.1) is 11.5 Å². The maximum atomic E-state index is 13.7. The van der Waals surface area contributed by atoms with Crippen LogP contribution in [0.15, 0.2) is 0 Å². The van der Waals surface area contributed by atoms with Gasteiger partial charge in [0, 0.05) is 33.5 Å². The second-order valence-electron chi connectivity index (χ2n) is 8.98. The number of rotatable bonds is 16. The van der Waals surface area contributed by atoms with Gasteiger partial charge in [-0.2, -0.15) is 83.3 Å². The zero-order valence-electron chi connectivity index (χ0n) is 21.6. The molecule has 0 aliphatic rings. The van der Waals surface area contributed by atoms with Crippen LogP contribution in [0, 0.1) is 0 Å². The van der Waals surface area contributed by atoms with Crippen molar-refractivity contribution in [2.75, 3.05) is 32.1 Å². The Hall–Kier alpha value is -1.97. The highest BCUT2D eigenvalue weighted by Crippen LogP contribution is 2.55. The molecule has 0 aromatic carbocycles. The molecule has 8 nitrogen and oxygen atoms in total. The third-order valence-electron chi connectivity index (χ3n) is 5.84. The highest BCUT2D eigenvalue weighted by molar-refractivity contribution is 7.89. The first-order valence-electron chi connectivity index (χ1n) is 10.8. The Labute approximate surface area is 240 Å². The first-order valence-corrected chi connectivity index (χ1v) is 14.0. The van der Waals surface area contributed by atoms with Gasteiger partial charge >= 0.3 is 53.9 Å². The summed E-state index contributed by atoms with van der Waals surface area (Å²) in [7, 11) is -11.2. The van der Waals surface area contributed by atoms with Crippen LogP contribution in [0.3, 0.4) is 0 Å². The number of aliphatic carboxylic acids is 1. The lowest BCUT2D eigenvalue weighted by Crippen LogP contribution is -2.61. The zero-order chi connectivity index (χ0) is 36.8. The van der Waals surface area contributed by atoms with Gasteiger partial charge < -0.3 is 5.11 Å². The zero-order valence-corrected chi connectivity index (χ0v) is 23.2. The van der Waals surface area contributed by atoms with Gasteiger partial charge in [-0.15, -0.1) is 0 Å². The Bertz CT molecular complexity index is 1280. The number of sulfonamides is 2. The van der Waals surface area contributed by atoms with Crippen molar-refractivity contribution in [2.45, 2.75) is 66.8 Å². The molecule has 45 heavy (non-hydrogen) atoms. The molecule has 1 N–H and O–H groups in total. The molecule has 0 bridgehead atoms. The van der Waals surface area contributed by atoms with Crippen molar-refractivity contribution in [3.8, 4) is 0 Å². The van der Waals surface area contributed by atoms with Crippen molar-refractivity contribution in [1.29, 1.82) is 0 Å². The quantitative estimate of drug-likeness (QED) is 0.230. The van der Waals surface area contributed by atoms with Crippen molar-refractivity contribution in [3.63, 3.8) is 0 Å². The van der Waals surface area contributed by atoms with Crippen molar-refractivity contribution in [2.24, 2.45) is 0 Å². The standard InChI is InChI=1S/C17H18F18N2O6S2/c1-36(44(40,41)5-3-10(18,19)12(22,23)14(26,27)16(30,31)32)7-8(9(38)39)37(2)45(42,43)6-4-11(20,21)13(24,25)15(28,29)17(33,34)35/h8H,3-7H2,1-2H3,(H,38,39). The summed E-state index contributed by atoms with van der Waals surface area (Å²) in [5.74, 6) is -49.7. The van der Waals surface area contributed by atoms with E-state index in [-0.39, 0.29) is 14.1 Å². The molecule has 0 saturated heterocycles. The van der Waals surface area contributed by atoms with E-state index < -0.39 is 119 Å². The number of alkyl halides is 18. The van der Waals surface area contributed by atoms with Crippen LogP contribution in [-0.2, 0) is 24.8 Å². The molecule has 0 heterocycles. The molecule has 28 heteroatoms. The summed E-state index contributed by atoms with van der Waals surface area (Å²) in [4.78, 5) is 11.5. The summed E-state index contributed by atoms with van der Waals surface area (Å²) >= 11 is 0. The molecule has 0 aromatic heterocycles. The van der Waals surface area contributed by atoms with Crippen molar-refractivity contribution in [3.05, 3.63) is 0 Å². The van der Waals surface area contributed by atoms with E-state index in [1.54, 1.807) is 0 Å². The highest BCUT2D eigenvalue weighted by Gasteiger charge is 2.82. The summed E-state index contributed by atoms with van der Waals surface area (Å²) in [6.45, 7) is -1.84. The maximum absolute atomic E-state index is 13.7. The molecule has 0 radical (unpaired) electrons. The molecule has 0 amide bonds.